The van der Waals surface area contributed by atoms with Crippen molar-refractivity contribution in [3.63, 3.8) is 0 Å². The monoisotopic (exact) mass is 325 g/mol. The van der Waals surface area contributed by atoms with Crippen molar-refractivity contribution in [2.75, 3.05) is 32.7 Å². The van der Waals surface area contributed by atoms with Crippen molar-refractivity contribution in [1.82, 2.24) is 15.5 Å². The average Bonchev–Trinajstić information content (AvgIpc) is 2.80. The molecule has 6 heteroatoms. The molecule has 2 fully saturated rings. The first-order chi connectivity index (χ1) is 8.86. The maximum absolute atomic E-state index is 11.8. The Morgan fingerprint density at radius 1 is 1.10 bits per heavy atom. The van der Waals surface area contributed by atoms with Gasteiger partial charge in [0.15, 0.2) is 0 Å². The molecule has 1 unspecified atom stereocenters. The first kappa shape index (κ1) is 20.0. The van der Waals surface area contributed by atoms with Crippen molar-refractivity contribution >= 4 is 30.7 Å². The lowest BCUT2D eigenvalue weighted by atomic mass is 10.2. The topological polar surface area (TPSA) is 44.4 Å². The predicted octanol–water partition coefficient (Wildman–Crippen LogP) is 1.96. The molecule has 4 nitrogen and oxygen atoms in total. The molecule has 0 bridgehead atoms. The molecular weight excluding hydrogens is 297 g/mol. The van der Waals surface area contributed by atoms with Crippen LogP contribution in [-0.4, -0.2) is 49.6 Å². The third kappa shape index (κ3) is 7.11. The van der Waals surface area contributed by atoms with Crippen LogP contribution < -0.4 is 10.6 Å². The Hall–Kier alpha value is -0.0300. The Balaban J connectivity index is 0.00000180. The number of hydrogen-bond acceptors (Lipinski definition) is 3. The molecule has 1 amide bonds. The standard InChI is InChI=1S/C14H27N3O.2ClH/c18-14(13-7-5-8-15-13)16-9-6-12-17-10-3-1-2-4-11-17;;/h13,15H,1-12H2,(H,16,18);2*1H. The first-order valence-corrected chi connectivity index (χ1v) is 7.60. The number of nitrogens with zero attached hydrogens (tertiary/aromatic N) is 1. The van der Waals surface area contributed by atoms with Gasteiger partial charge in [0.05, 0.1) is 6.04 Å². The highest BCUT2D eigenvalue weighted by molar-refractivity contribution is 5.85. The number of amides is 1. The normalized spacial score (nSPS) is 23.3. The molecule has 2 aliphatic rings. The average molecular weight is 326 g/mol. The lowest BCUT2D eigenvalue weighted by molar-refractivity contribution is -0.122. The number of hydrogen-bond donors (Lipinski definition) is 2. The molecule has 1 atom stereocenters. The molecular formula is C14H29Cl2N3O. The van der Waals surface area contributed by atoms with E-state index in [9.17, 15) is 4.79 Å². The molecule has 2 N–H and O–H groups in total. The van der Waals surface area contributed by atoms with Crippen molar-refractivity contribution in [3.8, 4) is 0 Å². The molecule has 2 rings (SSSR count). The van der Waals surface area contributed by atoms with Crippen LogP contribution in [0.4, 0.5) is 0 Å². The highest BCUT2D eigenvalue weighted by atomic mass is 35.5. The van der Waals surface area contributed by atoms with Gasteiger partial charge >= 0.3 is 0 Å². The second-order valence-corrected chi connectivity index (χ2v) is 5.55. The van der Waals surface area contributed by atoms with E-state index < -0.39 is 0 Å². The van der Waals surface area contributed by atoms with Gasteiger partial charge in [-0.25, -0.2) is 0 Å². The molecule has 0 aromatic rings. The zero-order valence-electron chi connectivity index (χ0n) is 12.2. The number of carbonyl (C=O) groups excluding carboxylic acids is 1. The molecule has 0 saturated carbocycles. The van der Waals surface area contributed by atoms with Gasteiger partial charge in [0, 0.05) is 6.54 Å². The third-order valence-electron chi connectivity index (χ3n) is 4.03. The van der Waals surface area contributed by atoms with Crippen molar-refractivity contribution < 1.29 is 4.79 Å². The van der Waals surface area contributed by atoms with Crippen molar-refractivity contribution in [3.05, 3.63) is 0 Å². The van der Waals surface area contributed by atoms with Crippen LogP contribution in [0.25, 0.3) is 0 Å². The van der Waals surface area contributed by atoms with Crippen LogP contribution in [0.3, 0.4) is 0 Å². The van der Waals surface area contributed by atoms with Crippen LogP contribution in [0.1, 0.15) is 44.9 Å². The summed E-state index contributed by atoms with van der Waals surface area (Å²) in [5.74, 6) is 0.198. The van der Waals surface area contributed by atoms with Crippen LogP contribution in [0, 0.1) is 0 Å². The van der Waals surface area contributed by atoms with E-state index in [4.69, 9.17) is 0 Å². The summed E-state index contributed by atoms with van der Waals surface area (Å²) >= 11 is 0. The minimum Gasteiger partial charge on any atom is -0.355 e. The summed E-state index contributed by atoms with van der Waals surface area (Å²) in [7, 11) is 0. The summed E-state index contributed by atoms with van der Waals surface area (Å²) in [4.78, 5) is 14.3. The van der Waals surface area contributed by atoms with Gasteiger partial charge in [0.1, 0.15) is 0 Å². The van der Waals surface area contributed by atoms with Crippen molar-refractivity contribution in [1.29, 1.82) is 0 Å². The van der Waals surface area contributed by atoms with Crippen LogP contribution in [-0.2, 0) is 4.79 Å². The number of halogens is 2. The number of carbonyl (C=O) groups is 1. The lowest BCUT2D eigenvalue weighted by Gasteiger charge is -2.19. The fourth-order valence-electron chi connectivity index (χ4n) is 2.91. The second kappa shape index (κ2) is 11.6. The summed E-state index contributed by atoms with van der Waals surface area (Å²) in [6.07, 6.45) is 8.68. The maximum Gasteiger partial charge on any atom is 0.237 e. The molecule has 0 spiro atoms. The highest BCUT2D eigenvalue weighted by Gasteiger charge is 2.21. The molecule has 0 aromatic carbocycles. The smallest absolute Gasteiger partial charge is 0.237 e. The van der Waals surface area contributed by atoms with E-state index in [2.05, 4.69) is 15.5 Å². The second-order valence-electron chi connectivity index (χ2n) is 5.55. The van der Waals surface area contributed by atoms with Crippen LogP contribution in [0.5, 0.6) is 0 Å². The van der Waals surface area contributed by atoms with Gasteiger partial charge in [-0.1, -0.05) is 12.8 Å². The fourth-order valence-corrected chi connectivity index (χ4v) is 2.91. The zero-order valence-corrected chi connectivity index (χ0v) is 13.9. The molecule has 0 aromatic heterocycles. The predicted molar refractivity (Wildman–Crippen MR) is 88.1 cm³/mol. The van der Waals surface area contributed by atoms with Crippen molar-refractivity contribution in [2.45, 2.75) is 51.0 Å². The summed E-state index contributed by atoms with van der Waals surface area (Å²) in [5.41, 5.74) is 0. The van der Waals surface area contributed by atoms with Gasteiger partial charge in [0.25, 0.3) is 0 Å². The summed E-state index contributed by atoms with van der Waals surface area (Å²) < 4.78 is 0. The van der Waals surface area contributed by atoms with Gasteiger partial charge in [-0.15, -0.1) is 24.8 Å². The summed E-state index contributed by atoms with van der Waals surface area (Å²) in [6.45, 7) is 5.45. The molecule has 0 aliphatic carbocycles. The Labute approximate surface area is 135 Å². The van der Waals surface area contributed by atoms with E-state index >= 15 is 0 Å². The van der Waals surface area contributed by atoms with Gasteiger partial charge in [0.2, 0.25) is 5.91 Å². The largest absolute Gasteiger partial charge is 0.355 e. The minimum atomic E-state index is 0. The number of rotatable bonds is 5. The maximum atomic E-state index is 11.8. The number of likely N-dealkylation sites (tertiary alicyclic amines) is 1. The van der Waals surface area contributed by atoms with E-state index in [0.29, 0.717) is 0 Å². The summed E-state index contributed by atoms with van der Waals surface area (Å²) in [6, 6.07) is 0.0724. The molecule has 0 radical (unpaired) electrons. The lowest BCUT2D eigenvalue weighted by Crippen LogP contribution is -2.41. The minimum absolute atomic E-state index is 0. The quantitative estimate of drug-likeness (QED) is 0.759. The van der Waals surface area contributed by atoms with E-state index in [1.54, 1.807) is 0 Å². The molecule has 2 saturated heterocycles. The van der Waals surface area contributed by atoms with E-state index in [0.717, 1.165) is 38.9 Å². The number of nitrogens with one attached hydrogen (secondary N) is 2. The highest BCUT2D eigenvalue weighted by Crippen LogP contribution is 2.09. The van der Waals surface area contributed by atoms with Crippen molar-refractivity contribution in [2.24, 2.45) is 0 Å². The Morgan fingerprint density at radius 3 is 2.40 bits per heavy atom. The summed E-state index contributed by atoms with van der Waals surface area (Å²) in [5, 5.41) is 6.28. The zero-order chi connectivity index (χ0) is 12.6. The van der Waals surface area contributed by atoms with Crippen LogP contribution in [0.2, 0.25) is 0 Å². The molecule has 2 aliphatic heterocycles. The Morgan fingerprint density at radius 2 is 1.80 bits per heavy atom. The van der Waals surface area contributed by atoms with Gasteiger partial charge in [-0.2, -0.15) is 0 Å². The fraction of sp³-hybridized carbons (Fsp3) is 0.929. The van der Waals surface area contributed by atoms with Crippen LogP contribution in [0.15, 0.2) is 0 Å². The first-order valence-electron chi connectivity index (χ1n) is 7.60. The van der Waals surface area contributed by atoms with Gasteiger partial charge in [-0.3, -0.25) is 4.79 Å². The Bertz CT molecular complexity index is 253. The Kier molecular flexibility index (Phi) is 11.6. The molecule has 2 heterocycles. The van der Waals surface area contributed by atoms with E-state index in [-0.39, 0.29) is 36.8 Å². The van der Waals surface area contributed by atoms with E-state index in [1.165, 1.54) is 38.8 Å². The van der Waals surface area contributed by atoms with Gasteiger partial charge in [-0.05, 0) is 58.3 Å². The molecule has 20 heavy (non-hydrogen) atoms. The molecule has 120 valence electrons. The van der Waals surface area contributed by atoms with Gasteiger partial charge < -0.3 is 15.5 Å². The van der Waals surface area contributed by atoms with Crippen LogP contribution >= 0.6 is 24.8 Å². The SMILES string of the molecule is Cl.Cl.O=C(NCCCN1CCCCCC1)C1CCCN1. The van der Waals surface area contributed by atoms with E-state index in [1.807, 2.05) is 0 Å². The third-order valence-corrected chi connectivity index (χ3v) is 4.03.